The highest BCUT2D eigenvalue weighted by Crippen LogP contribution is 2.30. The Morgan fingerprint density at radius 1 is 1.09 bits per heavy atom. The van der Waals surface area contributed by atoms with Crippen LogP contribution < -0.4 is 10.6 Å². The van der Waals surface area contributed by atoms with Crippen molar-refractivity contribution in [2.24, 2.45) is 0 Å². The van der Waals surface area contributed by atoms with Crippen molar-refractivity contribution in [3.05, 3.63) is 72.0 Å². The number of halogens is 1. The summed E-state index contributed by atoms with van der Waals surface area (Å²) in [5, 5.41) is 6.13. The molecule has 3 heterocycles. The van der Waals surface area contributed by atoms with E-state index in [1.165, 1.54) is 25.5 Å². The van der Waals surface area contributed by atoms with Crippen molar-refractivity contribution >= 4 is 22.6 Å². The fourth-order valence-electron chi connectivity index (χ4n) is 3.82. The lowest BCUT2D eigenvalue weighted by Gasteiger charge is -2.16. The molecular formula is C25H26FN7O. The van der Waals surface area contributed by atoms with Gasteiger partial charge in [0.1, 0.15) is 23.8 Å². The molecule has 0 spiro atoms. The highest BCUT2D eigenvalue weighted by atomic mass is 19.1. The quantitative estimate of drug-likeness (QED) is 0.408. The molecule has 1 aromatic carbocycles. The van der Waals surface area contributed by atoms with Crippen LogP contribution in [0.5, 0.6) is 0 Å². The average Bonchev–Trinajstić information content (AvgIpc) is 2.88. The fraction of sp³-hybridized carbons (Fsp3) is 0.280. The number of aryl methyl sites for hydroxylation is 1. The Hall–Kier alpha value is -4.01. The molecular weight excluding hydrogens is 433 g/mol. The van der Waals surface area contributed by atoms with Gasteiger partial charge >= 0.3 is 0 Å². The fourth-order valence-corrected chi connectivity index (χ4v) is 3.82. The van der Waals surface area contributed by atoms with Crippen molar-refractivity contribution in [2.45, 2.75) is 32.6 Å². The van der Waals surface area contributed by atoms with E-state index in [9.17, 15) is 9.18 Å². The van der Waals surface area contributed by atoms with Gasteiger partial charge in [0, 0.05) is 55.6 Å². The number of rotatable bonds is 8. The number of carbonyl (C=O) groups excluding carboxylic acids is 1. The van der Waals surface area contributed by atoms with Crippen LogP contribution in [0.2, 0.25) is 0 Å². The zero-order valence-corrected chi connectivity index (χ0v) is 19.3. The normalized spacial score (nSPS) is 11.9. The maximum Gasteiger partial charge on any atom is 0.251 e. The van der Waals surface area contributed by atoms with Crippen LogP contribution in [0.4, 0.5) is 10.2 Å². The van der Waals surface area contributed by atoms with Gasteiger partial charge in [-0.05, 0) is 30.0 Å². The molecule has 1 atom stereocenters. The summed E-state index contributed by atoms with van der Waals surface area (Å²) in [6.07, 6.45) is 8.10. The van der Waals surface area contributed by atoms with Gasteiger partial charge in [-0.2, -0.15) is 0 Å². The van der Waals surface area contributed by atoms with Crippen LogP contribution in [0.25, 0.3) is 22.2 Å². The second-order valence-corrected chi connectivity index (χ2v) is 7.94. The van der Waals surface area contributed by atoms with Crippen LogP contribution in [0, 0.1) is 5.82 Å². The number of fused-ring (bicyclic) bond motifs is 1. The number of nitrogens with one attached hydrogen (secondary N) is 2. The van der Waals surface area contributed by atoms with Crippen molar-refractivity contribution in [3.63, 3.8) is 0 Å². The zero-order valence-electron chi connectivity index (χ0n) is 19.3. The lowest BCUT2D eigenvalue weighted by atomic mass is 9.93. The molecule has 0 aliphatic carbocycles. The molecule has 4 aromatic rings. The first-order chi connectivity index (χ1) is 16.5. The van der Waals surface area contributed by atoms with Crippen molar-refractivity contribution in [2.75, 3.05) is 18.9 Å². The van der Waals surface area contributed by atoms with Crippen LogP contribution in [-0.4, -0.2) is 44.4 Å². The van der Waals surface area contributed by atoms with Crippen LogP contribution in [-0.2, 0) is 6.42 Å². The van der Waals surface area contributed by atoms with Gasteiger partial charge in [-0.3, -0.25) is 9.78 Å². The van der Waals surface area contributed by atoms with Crippen molar-refractivity contribution in [1.82, 2.24) is 30.2 Å². The monoisotopic (exact) mass is 459 g/mol. The largest absolute Gasteiger partial charge is 0.370 e. The van der Waals surface area contributed by atoms with Crippen LogP contribution in [0.15, 0.2) is 49.2 Å². The third-order valence-corrected chi connectivity index (χ3v) is 5.74. The van der Waals surface area contributed by atoms with Gasteiger partial charge < -0.3 is 10.6 Å². The van der Waals surface area contributed by atoms with Crippen LogP contribution in [0.1, 0.15) is 47.9 Å². The molecule has 0 saturated heterocycles. The Morgan fingerprint density at radius 3 is 2.62 bits per heavy atom. The lowest BCUT2D eigenvalue weighted by Crippen LogP contribution is -2.19. The SMILES string of the molecule is CCc1ncc(-c2cc(NCCC(C)c3ccc(F)c4c(C(=O)NC)ccnc34)ncn2)cn1. The van der Waals surface area contributed by atoms with E-state index in [-0.39, 0.29) is 22.8 Å². The topological polar surface area (TPSA) is 106 Å². The first-order valence-electron chi connectivity index (χ1n) is 11.2. The first kappa shape index (κ1) is 23.2. The van der Waals surface area contributed by atoms with E-state index in [1.54, 1.807) is 24.7 Å². The summed E-state index contributed by atoms with van der Waals surface area (Å²) in [5.41, 5.74) is 3.24. The Morgan fingerprint density at radius 2 is 1.88 bits per heavy atom. The molecule has 174 valence electrons. The number of nitrogens with zero attached hydrogens (tertiary/aromatic N) is 5. The number of pyridine rings is 1. The van der Waals surface area contributed by atoms with Gasteiger partial charge in [0.25, 0.3) is 5.91 Å². The predicted molar refractivity (Wildman–Crippen MR) is 129 cm³/mol. The maximum absolute atomic E-state index is 14.6. The van der Waals surface area contributed by atoms with Gasteiger partial charge in [0.15, 0.2) is 0 Å². The standard InChI is InChI=1S/C25H26FN7O/c1-4-21-30-12-16(13-31-21)20-11-22(33-14-32-20)28-9-7-15(2)17-5-6-19(26)23-18(25(34)27-3)8-10-29-24(17)23/h5-6,8,10-15H,4,7,9H2,1-3H3,(H,27,34)(H,28,32,33). The molecule has 0 saturated carbocycles. The van der Waals surface area contributed by atoms with Crippen molar-refractivity contribution in [1.29, 1.82) is 0 Å². The van der Waals surface area contributed by atoms with E-state index in [1.807, 2.05) is 13.0 Å². The molecule has 9 heteroatoms. The third-order valence-electron chi connectivity index (χ3n) is 5.74. The molecule has 0 fully saturated rings. The molecule has 0 radical (unpaired) electrons. The smallest absolute Gasteiger partial charge is 0.251 e. The van der Waals surface area contributed by atoms with Crippen LogP contribution in [0.3, 0.4) is 0 Å². The molecule has 0 aliphatic heterocycles. The summed E-state index contributed by atoms with van der Waals surface area (Å²) in [4.78, 5) is 33.9. The minimum absolute atomic E-state index is 0.0688. The van der Waals surface area contributed by atoms with E-state index < -0.39 is 5.82 Å². The molecule has 0 bridgehead atoms. The summed E-state index contributed by atoms with van der Waals surface area (Å²) in [7, 11) is 1.52. The number of aromatic nitrogens is 5. The number of amides is 1. The van der Waals surface area contributed by atoms with Crippen molar-refractivity contribution in [3.8, 4) is 11.3 Å². The molecule has 4 rings (SSSR count). The number of benzene rings is 1. The minimum Gasteiger partial charge on any atom is -0.370 e. The molecule has 2 N–H and O–H groups in total. The highest BCUT2D eigenvalue weighted by Gasteiger charge is 2.18. The Bertz CT molecular complexity index is 1310. The van der Waals surface area contributed by atoms with Gasteiger partial charge in [-0.25, -0.2) is 24.3 Å². The summed E-state index contributed by atoms with van der Waals surface area (Å²) < 4.78 is 14.6. The summed E-state index contributed by atoms with van der Waals surface area (Å²) in [6, 6.07) is 6.54. The van der Waals surface area contributed by atoms with E-state index in [0.717, 1.165) is 35.5 Å². The number of anilines is 1. The third kappa shape index (κ3) is 4.83. The Balaban J connectivity index is 1.48. The second kappa shape index (κ2) is 10.3. The van der Waals surface area contributed by atoms with Gasteiger partial charge in [-0.1, -0.05) is 19.9 Å². The summed E-state index contributed by atoms with van der Waals surface area (Å²) in [5.74, 6) is 0.753. The molecule has 3 aromatic heterocycles. The number of carbonyl (C=O) groups is 1. The zero-order chi connectivity index (χ0) is 24.1. The molecule has 8 nitrogen and oxygen atoms in total. The maximum atomic E-state index is 14.6. The predicted octanol–water partition coefficient (Wildman–Crippen LogP) is 4.15. The number of hydrogen-bond donors (Lipinski definition) is 2. The van der Waals surface area contributed by atoms with Gasteiger partial charge in [-0.15, -0.1) is 0 Å². The van der Waals surface area contributed by atoms with E-state index in [2.05, 4.69) is 42.5 Å². The van der Waals surface area contributed by atoms with E-state index >= 15 is 0 Å². The molecule has 1 unspecified atom stereocenters. The summed E-state index contributed by atoms with van der Waals surface area (Å²) in [6.45, 7) is 4.70. The average molecular weight is 460 g/mol. The lowest BCUT2D eigenvalue weighted by molar-refractivity contribution is 0.0964. The Labute approximate surface area is 197 Å². The number of hydrogen-bond acceptors (Lipinski definition) is 7. The van der Waals surface area contributed by atoms with Gasteiger partial charge in [0.2, 0.25) is 0 Å². The summed E-state index contributed by atoms with van der Waals surface area (Å²) >= 11 is 0. The first-order valence-corrected chi connectivity index (χ1v) is 11.2. The molecule has 1 amide bonds. The second-order valence-electron chi connectivity index (χ2n) is 7.94. The molecule has 0 aliphatic rings. The van der Waals surface area contributed by atoms with Gasteiger partial charge in [0.05, 0.1) is 16.8 Å². The Kier molecular flexibility index (Phi) is 7.01. The van der Waals surface area contributed by atoms with Crippen LogP contribution >= 0.6 is 0 Å². The molecule has 34 heavy (non-hydrogen) atoms. The highest BCUT2D eigenvalue weighted by molar-refractivity contribution is 6.06. The van der Waals surface area contributed by atoms with E-state index in [0.29, 0.717) is 17.9 Å². The van der Waals surface area contributed by atoms with E-state index in [4.69, 9.17) is 0 Å². The van der Waals surface area contributed by atoms with Crippen molar-refractivity contribution < 1.29 is 9.18 Å². The minimum atomic E-state index is -0.458.